The molecule has 70 valence electrons. The molecule has 1 fully saturated rings. The van der Waals surface area contributed by atoms with Crippen molar-refractivity contribution in [2.75, 3.05) is 18.0 Å². The highest BCUT2D eigenvalue weighted by molar-refractivity contribution is 5.46. The standard InChI is InChI=1S/C9H14N4/c1-6-3-11-7(2)9(12-6)13-4-8(10)5-13/h3,8H,4-5,10H2,1-2H3. The largest absolute Gasteiger partial charge is 0.352 e. The van der Waals surface area contributed by atoms with Crippen molar-refractivity contribution in [2.24, 2.45) is 5.73 Å². The Morgan fingerprint density at radius 3 is 2.77 bits per heavy atom. The zero-order valence-corrected chi connectivity index (χ0v) is 7.99. The monoisotopic (exact) mass is 178 g/mol. The Balaban J connectivity index is 2.24. The van der Waals surface area contributed by atoms with Gasteiger partial charge < -0.3 is 10.6 Å². The highest BCUT2D eigenvalue weighted by Crippen LogP contribution is 2.20. The fraction of sp³-hybridized carbons (Fsp3) is 0.556. The van der Waals surface area contributed by atoms with Crippen molar-refractivity contribution in [1.29, 1.82) is 0 Å². The van der Waals surface area contributed by atoms with E-state index in [1.54, 1.807) is 6.20 Å². The Morgan fingerprint density at radius 2 is 2.15 bits per heavy atom. The lowest BCUT2D eigenvalue weighted by Gasteiger charge is -2.38. The van der Waals surface area contributed by atoms with E-state index in [9.17, 15) is 0 Å². The highest BCUT2D eigenvalue weighted by atomic mass is 15.3. The van der Waals surface area contributed by atoms with Gasteiger partial charge in [-0.2, -0.15) is 0 Å². The minimum Gasteiger partial charge on any atom is -0.352 e. The Kier molecular flexibility index (Phi) is 1.92. The molecule has 0 amide bonds. The van der Waals surface area contributed by atoms with E-state index >= 15 is 0 Å². The third-order valence-corrected chi connectivity index (χ3v) is 2.26. The van der Waals surface area contributed by atoms with Crippen LogP contribution in [0.25, 0.3) is 0 Å². The molecule has 0 radical (unpaired) electrons. The first kappa shape index (κ1) is 8.44. The maximum absolute atomic E-state index is 5.70. The summed E-state index contributed by atoms with van der Waals surface area (Å²) in [5.74, 6) is 0.988. The quantitative estimate of drug-likeness (QED) is 0.669. The summed E-state index contributed by atoms with van der Waals surface area (Å²) in [7, 11) is 0. The molecule has 0 spiro atoms. The third-order valence-electron chi connectivity index (χ3n) is 2.26. The number of nitrogens with two attached hydrogens (primary N) is 1. The molecule has 0 unspecified atom stereocenters. The molecule has 13 heavy (non-hydrogen) atoms. The van der Waals surface area contributed by atoms with Crippen LogP contribution in [-0.4, -0.2) is 29.1 Å². The van der Waals surface area contributed by atoms with Gasteiger partial charge in [-0.25, -0.2) is 4.98 Å². The summed E-state index contributed by atoms with van der Waals surface area (Å²) in [5.41, 5.74) is 7.65. The predicted octanol–water partition coefficient (Wildman–Crippen LogP) is 0.241. The van der Waals surface area contributed by atoms with Gasteiger partial charge in [-0.15, -0.1) is 0 Å². The van der Waals surface area contributed by atoms with Crippen LogP contribution in [0.3, 0.4) is 0 Å². The number of anilines is 1. The van der Waals surface area contributed by atoms with E-state index in [1.807, 2.05) is 13.8 Å². The molecule has 1 aliphatic heterocycles. The summed E-state index contributed by atoms with van der Waals surface area (Å²) >= 11 is 0. The maximum atomic E-state index is 5.70. The first-order valence-electron chi connectivity index (χ1n) is 4.47. The van der Waals surface area contributed by atoms with Crippen molar-refractivity contribution in [3.8, 4) is 0 Å². The molecule has 0 atom stereocenters. The Labute approximate surface area is 77.8 Å². The highest BCUT2D eigenvalue weighted by Gasteiger charge is 2.25. The molecule has 4 nitrogen and oxygen atoms in total. The Morgan fingerprint density at radius 1 is 1.46 bits per heavy atom. The normalized spacial score (nSPS) is 17.3. The summed E-state index contributed by atoms with van der Waals surface area (Å²) in [6, 6.07) is 0.307. The summed E-state index contributed by atoms with van der Waals surface area (Å²) in [4.78, 5) is 10.9. The topological polar surface area (TPSA) is 55.0 Å². The summed E-state index contributed by atoms with van der Waals surface area (Å²) in [6.07, 6.45) is 1.79. The predicted molar refractivity (Wildman–Crippen MR) is 51.7 cm³/mol. The van der Waals surface area contributed by atoms with E-state index in [0.29, 0.717) is 6.04 Å². The summed E-state index contributed by atoms with van der Waals surface area (Å²) in [5, 5.41) is 0. The number of aromatic nitrogens is 2. The van der Waals surface area contributed by atoms with Gasteiger partial charge >= 0.3 is 0 Å². The fourth-order valence-electron chi connectivity index (χ4n) is 1.51. The average Bonchev–Trinajstić information content (AvgIpc) is 2.04. The Bertz CT molecular complexity index is 317. The molecule has 1 aromatic heterocycles. The number of nitrogens with zero attached hydrogens (tertiary/aromatic N) is 3. The molecule has 2 heterocycles. The van der Waals surface area contributed by atoms with Crippen molar-refractivity contribution < 1.29 is 0 Å². The smallest absolute Gasteiger partial charge is 0.150 e. The lowest BCUT2D eigenvalue weighted by atomic mass is 10.1. The van der Waals surface area contributed by atoms with Crippen molar-refractivity contribution in [3.05, 3.63) is 17.6 Å². The van der Waals surface area contributed by atoms with Crippen LogP contribution >= 0.6 is 0 Å². The molecule has 1 aliphatic rings. The molecule has 2 N–H and O–H groups in total. The van der Waals surface area contributed by atoms with E-state index in [0.717, 1.165) is 30.3 Å². The number of aryl methyl sites for hydroxylation is 2. The molecule has 0 saturated carbocycles. The minimum absolute atomic E-state index is 0.307. The molecule has 2 rings (SSSR count). The van der Waals surface area contributed by atoms with E-state index < -0.39 is 0 Å². The second kappa shape index (κ2) is 2.96. The van der Waals surface area contributed by atoms with Crippen molar-refractivity contribution in [3.63, 3.8) is 0 Å². The van der Waals surface area contributed by atoms with Crippen LogP contribution < -0.4 is 10.6 Å². The van der Waals surface area contributed by atoms with E-state index in [2.05, 4.69) is 14.9 Å². The number of hydrogen-bond acceptors (Lipinski definition) is 4. The molecule has 0 aliphatic carbocycles. The van der Waals surface area contributed by atoms with Crippen LogP contribution in [0.1, 0.15) is 11.4 Å². The lowest BCUT2D eigenvalue weighted by molar-refractivity contribution is 0.512. The summed E-state index contributed by atoms with van der Waals surface area (Å²) < 4.78 is 0. The molecule has 1 saturated heterocycles. The van der Waals surface area contributed by atoms with E-state index in [4.69, 9.17) is 5.73 Å². The van der Waals surface area contributed by atoms with Gasteiger partial charge in [-0.05, 0) is 13.8 Å². The van der Waals surface area contributed by atoms with Gasteiger partial charge in [0.2, 0.25) is 0 Å². The SMILES string of the molecule is Cc1cnc(C)c(N2CC(N)C2)n1. The minimum atomic E-state index is 0.307. The second-order valence-corrected chi connectivity index (χ2v) is 3.59. The van der Waals surface area contributed by atoms with Gasteiger partial charge in [0.05, 0.1) is 11.4 Å². The fourth-order valence-corrected chi connectivity index (χ4v) is 1.51. The zero-order chi connectivity index (χ0) is 9.42. The van der Waals surface area contributed by atoms with Crippen molar-refractivity contribution >= 4 is 5.82 Å². The first-order valence-corrected chi connectivity index (χ1v) is 4.47. The van der Waals surface area contributed by atoms with Gasteiger partial charge in [-0.1, -0.05) is 0 Å². The number of rotatable bonds is 1. The van der Waals surface area contributed by atoms with Crippen LogP contribution in [-0.2, 0) is 0 Å². The molecule has 4 heteroatoms. The summed E-state index contributed by atoms with van der Waals surface area (Å²) in [6.45, 7) is 5.74. The molecular formula is C9H14N4. The second-order valence-electron chi connectivity index (χ2n) is 3.59. The van der Waals surface area contributed by atoms with E-state index in [-0.39, 0.29) is 0 Å². The van der Waals surface area contributed by atoms with Gasteiger partial charge in [0.15, 0.2) is 0 Å². The third kappa shape index (κ3) is 1.49. The number of hydrogen-bond donors (Lipinski definition) is 1. The van der Waals surface area contributed by atoms with Gasteiger partial charge in [-0.3, -0.25) is 4.98 Å². The van der Waals surface area contributed by atoms with Gasteiger partial charge in [0.25, 0.3) is 0 Å². The Hall–Kier alpha value is -1.16. The maximum Gasteiger partial charge on any atom is 0.150 e. The zero-order valence-electron chi connectivity index (χ0n) is 7.99. The molecular weight excluding hydrogens is 164 g/mol. The molecule has 0 bridgehead atoms. The van der Waals surface area contributed by atoms with Crippen LogP contribution in [0.5, 0.6) is 0 Å². The van der Waals surface area contributed by atoms with Gasteiger partial charge in [0.1, 0.15) is 5.82 Å². The average molecular weight is 178 g/mol. The van der Waals surface area contributed by atoms with E-state index in [1.165, 1.54) is 0 Å². The van der Waals surface area contributed by atoms with Crippen LogP contribution in [0.2, 0.25) is 0 Å². The van der Waals surface area contributed by atoms with Crippen LogP contribution in [0.15, 0.2) is 6.20 Å². The lowest BCUT2D eigenvalue weighted by Crippen LogP contribution is -2.56. The van der Waals surface area contributed by atoms with Gasteiger partial charge in [0, 0.05) is 25.3 Å². The molecule has 0 aromatic carbocycles. The van der Waals surface area contributed by atoms with Crippen molar-refractivity contribution in [2.45, 2.75) is 19.9 Å². The van der Waals surface area contributed by atoms with Crippen molar-refractivity contribution in [1.82, 2.24) is 9.97 Å². The van der Waals surface area contributed by atoms with Crippen LogP contribution in [0.4, 0.5) is 5.82 Å². The first-order chi connectivity index (χ1) is 6.16. The molecule has 1 aromatic rings. The van der Waals surface area contributed by atoms with Crippen LogP contribution in [0, 0.1) is 13.8 Å².